The molecular weight excluding hydrogens is 414 g/mol. The third-order valence-electron chi connectivity index (χ3n) is 4.97. The van der Waals surface area contributed by atoms with Gasteiger partial charge in [-0.25, -0.2) is 0 Å². The number of guanidine groups is 1. The third kappa shape index (κ3) is 5.76. The van der Waals surface area contributed by atoms with Crippen molar-refractivity contribution < 1.29 is 9.26 Å². The van der Waals surface area contributed by atoms with E-state index in [0.29, 0.717) is 29.7 Å². The fourth-order valence-electron chi connectivity index (χ4n) is 3.40. The number of aliphatic imine (C=N–C) groups is 1. The summed E-state index contributed by atoms with van der Waals surface area (Å²) in [5.74, 6) is 2.92. The Morgan fingerprint density at radius 3 is 2.84 bits per heavy atom. The van der Waals surface area contributed by atoms with Crippen molar-refractivity contribution in [3.63, 3.8) is 0 Å². The van der Waals surface area contributed by atoms with E-state index in [1.165, 1.54) is 11.1 Å². The Bertz CT molecular complexity index is 1030. The number of fused-ring (bicyclic) bond motifs is 1. The number of ether oxygens (including phenoxy) is 1. The zero-order valence-electron chi connectivity index (χ0n) is 17.5. The van der Waals surface area contributed by atoms with Gasteiger partial charge in [-0.1, -0.05) is 28.9 Å². The molecule has 4 rings (SSSR count). The Kier molecular flexibility index (Phi) is 7.04. The number of nitrogens with one attached hydrogen (secondary N) is 2. The number of halogens is 1. The van der Waals surface area contributed by atoms with Crippen molar-refractivity contribution in [2.24, 2.45) is 4.99 Å². The molecule has 31 heavy (non-hydrogen) atoms. The van der Waals surface area contributed by atoms with Gasteiger partial charge in [-0.3, -0.25) is 4.99 Å². The zero-order valence-corrected chi connectivity index (χ0v) is 18.3. The summed E-state index contributed by atoms with van der Waals surface area (Å²) in [5.41, 5.74) is 3.47. The molecule has 1 aliphatic rings. The number of nitrogens with zero attached hydrogens (tertiary/aromatic N) is 3. The second-order valence-electron chi connectivity index (χ2n) is 7.25. The molecule has 0 unspecified atom stereocenters. The second kappa shape index (κ2) is 10.3. The van der Waals surface area contributed by atoms with Crippen molar-refractivity contribution in [2.75, 3.05) is 26.2 Å². The smallest absolute Gasteiger partial charge is 0.228 e. The molecule has 0 atom stereocenters. The highest BCUT2D eigenvalue weighted by molar-refractivity contribution is 6.30. The number of hydrogen-bond donors (Lipinski definition) is 2. The molecule has 3 aromatic rings. The van der Waals surface area contributed by atoms with Crippen LogP contribution in [-0.4, -0.2) is 42.3 Å². The maximum atomic E-state index is 5.93. The molecule has 8 heteroatoms. The van der Waals surface area contributed by atoms with E-state index in [9.17, 15) is 0 Å². The highest BCUT2D eigenvalue weighted by Gasteiger charge is 2.12. The molecule has 7 nitrogen and oxygen atoms in total. The van der Waals surface area contributed by atoms with Crippen molar-refractivity contribution >= 4 is 17.6 Å². The second-order valence-corrected chi connectivity index (χ2v) is 7.68. The predicted molar refractivity (Wildman–Crippen MR) is 122 cm³/mol. The van der Waals surface area contributed by atoms with Crippen LogP contribution in [0.3, 0.4) is 0 Å². The maximum absolute atomic E-state index is 5.93. The molecule has 2 aromatic carbocycles. The summed E-state index contributed by atoms with van der Waals surface area (Å²) >= 11 is 5.93. The van der Waals surface area contributed by atoms with E-state index < -0.39 is 0 Å². The van der Waals surface area contributed by atoms with Crippen LogP contribution in [0.5, 0.6) is 5.75 Å². The van der Waals surface area contributed by atoms with Gasteiger partial charge in [0.15, 0.2) is 5.96 Å². The number of rotatable bonds is 8. The molecule has 0 aliphatic carbocycles. The van der Waals surface area contributed by atoms with Crippen LogP contribution < -0.4 is 15.4 Å². The van der Waals surface area contributed by atoms with Crippen LogP contribution in [0.4, 0.5) is 0 Å². The van der Waals surface area contributed by atoms with Crippen LogP contribution in [-0.2, 0) is 19.3 Å². The molecular formula is C23H26ClN5O2. The van der Waals surface area contributed by atoms with Crippen molar-refractivity contribution in [2.45, 2.75) is 26.2 Å². The van der Waals surface area contributed by atoms with Crippen LogP contribution in [0.1, 0.15) is 23.9 Å². The lowest BCUT2D eigenvalue weighted by atomic mass is 10.1. The van der Waals surface area contributed by atoms with Crippen molar-refractivity contribution in [3.05, 3.63) is 64.5 Å². The molecule has 2 heterocycles. The Hall–Kier alpha value is -3.06. The quantitative estimate of drug-likeness (QED) is 0.411. The first kappa shape index (κ1) is 21.2. The number of benzene rings is 2. The van der Waals surface area contributed by atoms with E-state index >= 15 is 0 Å². The third-order valence-corrected chi connectivity index (χ3v) is 5.22. The molecule has 1 aliphatic heterocycles. The topological polar surface area (TPSA) is 84.6 Å². The Morgan fingerprint density at radius 1 is 1.13 bits per heavy atom. The van der Waals surface area contributed by atoms with Gasteiger partial charge in [-0.05, 0) is 54.8 Å². The summed E-state index contributed by atoms with van der Waals surface area (Å²) in [5, 5.41) is 11.4. The van der Waals surface area contributed by atoms with Gasteiger partial charge >= 0.3 is 0 Å². The summed E-state index contributed by atoms with van der Waals surface area (Å²) in [6, 6.07) is 13.8. The Balaban J connectivity index is 1.27. The molecule has 0 radical (unpaired) electrons. The lowest BCUT2D eigenvalue weighted by Gasteiger charge is -2.11. The van der Waals surface area contributed by atoms with Gasteiger partial charge in [-0.15, -0.1) is 0 Å². The number of aromatic nitrogens is 2. The van der Waals surface area contributed by atoms with Gasteiger partial charge in [0.2, 0.25) is 11.7 Å². The summed E-state index contributed by atoms with van der Waals surface area (Å²) in [7, 11) is 0. The van der Waals surface area contributed by atoms with Crippen LogP contribution >= 0.6 is 11.6 Å². The zero-order chi connectivity index (χ0) is 21.5. The van der Waals surface area contributed by atoms with Gasteiger partial charge in [-0.2, -0.15) is 4.98 Å². The van der Waals surface area contributed by atoms with Crippen LogP contribution in [0.15, 0.2) is 52.0 Å². The number of hydrogen-bond acceptors (Lipinski definition) is 5. The van der Waals surface area contributed by atoms with E-state index in [4.69, 9.17) is 20.9 Å². The minimum absolute atomic E-state index is 0.549. The first-order valence-corrected chi connectivity index (χ1v) is 10.9. The lowest BCUT2D eigenvalue weighted by Crippen LogP contribution is -2.38. The van der Waals surface area contributed by atoms with Gasteiger partial charge in [0.1, 0.15) is 5.75 Å². The molecule has 0 saturated heterocycles. The standard InChI is InChI=1S/C23H26ClN5O2/c1-2-25-23(26-12-9-16-3-8-20-18(15-16)11-14-30-20)27-13-10-21-28-22(29-31-21)17-4-6-19(24)7-5-17/h3-8,15H,2,9-14H2,1H3,(H2,25,26,27). The first-order valence-electron chi connectivity index (χ1n) is 10.6. The summed E-state index contributed by atoms with van der Waals surface area (Å²) in [6.45, 7) is 4.98. The fraction of sp³-hybridized carbons (Fsp3) is 0.348. The minimum atomic E-state index is 0.549. The van der Waals surface area contributed by atoms with Gasteiger partial charge in [0.05, 0.1) is 13.2 Å². The Labute approximate surface area is 186 Å². The fourth-order valence-corrected chi connectivity index (χ4v) is 3.52. The van der Waals surface area contributed by atoms with Gasteiger partial charge in [0, 0.05) is 36.5 Å². The maximum Gasteiger partial charge on any atom is 0.228 e. The lowest BCUT2D eigenvalue weighted by molar-refractivity contribution is 0.357. The molecule has 0 fully saturated rings. The SMILES string of the molecule is CCNC(=NCCc1nc(-c2ccc(Cl)cc2)no1)NCCc1ccc2c(c1)CCO2. The first-order chi connectivity index (χ1) is 15.2. The molecule has 0 saturated carbocycles. The van der Waals surface area contributed by atoms with Crippen LogP contribution in [0, 0.1) is 0 Å². The molecule has 162 valence electrons. The highest BCUT2D eigenvalue weighted by Crippen LogP contribution is 2.25. The largest absolute Gasteiger partial charge is 0.493 e. The van der Waals surface area contributed by atoms with Crippen molar-refractivity contribution in [1.82, 2.24) is 20.8 Å². The predicted octanol–water partition coefficient (Wildman–Crippen LogP) is 3.67. The van der Waals surface area contributed by atoms with E-state index in [0.717, 1.165) is 49.8 Å². The van der Waals surface area contributed by atoms with Gasteiger partial charge < -0.3 is 19.9 Å². The van der Waals surface area contributed by atoms with E-state index in [-0.39, 0.29) is 0 Å². The van der Waals surface area contributed by atoms with Gasteiger partial charge in [0.25, 0.3) is 0 Å². The molecule has 0 amide bonds. The summed E-state index contributed by atoms with van der Waals surface area (Å²) in [6.07, 6.45) is 2.49. The molecule has 0 bridgehead atoms. The highest BCUT2D eigenvalue weighted by atomic mass is 35.5. The van der Waals surface area contributed by atoms with E-state index in [2.05, 4.69) is 44.0 Å². The van der Waals surface area contributed by atoms with Crippen LogP contribution in [0.25, 0.3) is 11.4 Å². The average Bonchev–Trinajstić information content (AvgIpc) is 3.43. The summed E-state index contributed by atoms with van der Waals surface area (Å²) < 4.78 is 10.9. The molecule has 2 N–H and O–H groups in total. The van der Waals surface area contributed by atoms with E-state index in [1.54, 1.807) is 0 Å². The normalized spacial score (nSPS) is 13.0. The Morgan fingerprint density at radius 2 is 2.00 bits per heavy atom. The monoisotopic (exact) mass is 439 g/mol. The van der Waals surface area contributed by atoms with E-state index in [1.807, 2.05) is 31.2 Å². The van der Waals surface area contributed by atoms with Crippen molar-refractivity contribution in [1.29, 1.82) is 0 Å². The van der Waals surface area contributed by atoms with Crippen molar-refractivity contribution in [3.8, 4) is 17.1 Å². The minimum Gasteiger partial charge on any atom is -0.493 e. The molecule has 0 spiro atoms. The molecule has 1 aromatic heterocycles. The summed E-state index contributed by atoms with van der Waals surface area (Å²) in [4.78, 5) is 9.06. The average molecular weight is 440 g/mol. The van der Waals surface area contributed by atoms with Crippen LogP contribution in [0.2, 0.25) is 5.02 Å².